The number of amides is 3. The van der Waals surface area contributed by atoms with Crippen LogP contribution >= 0.6 is 0 Å². The normalized spacial score (nSPS) is 24.5. The largest absolute Gasteiger partial charge is 0.346 e. The molecule has 0 spiro atoms. The molecule has 126 valence electrons. The van der Waals surface area contributed by atoms with Crippen LogP contribution in [-0.2, 0) is 4.79 Å². The van der Waals surface area contributed by atoms with E-state index in [0.29, 0.717) is 18.9 Å². The number of fused-ring (bicyclic) bond motifs is 1. The summed E-state index contributed by atoms with van der Waals surface area (Å²) in [5, 5.41) is 2.98. The zero-order valence-electron chi connectivity index (χ0n) is 14.1. The molecule has 0 aromatic rings. The zero-order chi connectivity index (χ0) is 15.9. The Morgan fingerprint density at radius 3 is 2.64 bits per heavy atom. The summed E-state index contributed by atoms with van der Waals surface area (Å²) in [6, 6.07) is 0.0559. The third kappa shape index (κ3) is 4.62. The van der Waals surface area contributed by atoms with Gasteiger partial charge >= 0.3 is 6.03 Å². The van der Waals surface area contributed by atoms with E-state index in [-0.39, 0.29) is 11.9 Å². The Bertz CT molecular complexity index is 386. The summed E-state index contributed by atoms with van der Waals surface area (Å²) < 4.78 is 0. The van der Waals surface area contributed by atoms with Gasteiger partial charge in [-0.2, -0.15) is 0 Å². The molecule has 0 aromatic carbocycles. The van der Waals surface area contributed by atoms with Crippen molar-refractivity contribution in [1.82, 2.24) is 15.1 Å². The first-order valence-electron chi connectivity index (χ1n) is 8.88. The van der Waals surface area contributed by atoms with E-state index in [1.165, 1.54) is 25.7 Å². The highest BCUT2D eigenvalue weighted by Crippen LogP contribution is 2.35. The van der Waals surface area contributed by atoms with Crippen LogP contribution in [0.15, 0.2) is 0 Å². The summed E-state index contributed by atoms with van der Waals surface area (Å²) in [7, 11) is 1.81. The molecule has 3 amide bonds. The molecule has 1 aliphatic heterocycles. The SMILES string of the molecule is CCN(C)C(=O)CCCNC(=O)N1CCC2CCCCC2C1. The van der Waals surface area contributed by atoms with Crippen LogP contribution in [0.25, 0.3) is 0 Å². The maximum atomic E-state index is 12.2. The topological polar surface area (TPSA) is 52.7 Å². The van der Waals surface area contributed by atoms with Crippen molar-refractivity contribution in [2.75, 3.05) is 33.2 Å². The number of likely N-dealkylation sites (tertiary alicyclic amines) is 1. The predicted octanol–water partition coefficient (Wildman–Crippen LogP) is 2.47. The number of nitrogens with one attached hydrogen (secondary N) is 1. The molecule has 2 unspecified atom stereocenters. The fraction of sp³-hybridized carbons (Fsp3) is 0.882. The van der Waals surface area contributed by atoms with Crippen LogP contribution in [0.3, 0.4) is 0 Å². The Hall–Kier alpha value is -1.26. The molecular weight excluding hydrogens is 278 g/mol. The van der Waals surface area contributed by atoms with E-state index in [0.717, 1.165) is 38.4 Å². The molecule has 2 aliphatic rings. The van der Waals surface area contributed by atoms with Gasteiger partial charge in [0.25, 0.3) is 0 Å². The first-order chi connectivity index (χ1) is 10.6. The van der Waals surface area contributed by atoms with Crippen molar-refractivity contribution in [1.29, 1.82) is 0 Å². The van der Waals surface area contributed by atoms with Crippen molar-refractivity contribution < 1.29 is 9.59 Å². The van der Waals surface area contributed by atoms with Gasteiger partial charge in [0.1, 0.15) is 0 Å². The number of urea groups is 1. The average Bonchev–Trinajstić information content (AvgIpc) is 2.57. The van der Waals surface area contributed by atoms with Crippen LogP contribution in [0.4, 0.5) is 4.79 Å². The first kappa shape index (κ1) is 17.1. The Kier molecular flexibility index (Phi) is 6.52. The molecule has 2 atom stereocenters. The minimum absolute atomic E-state index is 0.0559. The van der Waals surface area contributed by atoms with Crippen LogP contribution in [-0.4, -0.2) is 55.0 Å². The number of hydrogen-bond donors (Lipinski definition) is 1. The van der Waals surface area contributed by atoms with Crippen LogP contribution in [0.1, 0.15) is 51.9 Å². The Morgan fingerprint density at radius 1 is 1.18 bits per heavy atom. The number of hydrogen-bond acceptors (Lipinski definition) is 2. The summed E-state index contributed by atoms with van der Waals surface area (Å²) in [6.45, 7) is 5.11. The molecule has 0 bridgehead atoms. The quantitative estimate of drug-likeness (QED) is 0.793. The van der Waals surface area contributed by atoms with Gasteiger partial charge in [0.05, 0.1) is 0 Å². The van der Waals surface area contributed by atoms with E-state index >= 15 is 0 Å². The van der Waals surface area contributed by atoms with E-state index in [2.05, 4.69) is 5.32 Å². The van der Waals surface area contributed by atoms with Gasteiger partial charge in [-0.15, -0.1) is 0 Å². The predicted molar refractivity (Wildman–Crippen MR) is 87.6 cm³/mol. The lowest BCUT2D eigenvalue weighted by Gasteiger charge is -2.41. The van der Waals surface area contributed by atoms with Gasteiger partial charge in [-0.05, 0) is 38.0 Å². The van der Waals surface area contributed by atoms with E-state index in [9.17, 15) is 9.59 Å². The maximum absolute atomic E-state index is 12.2. The van der Waals surface area contributed by atoms with Crippen LogP contribution in [0.5, 0.6) is 0 Å². The number of nitrogens with zero attached hydrogens (tertiary/aromatic N) is 2. The number of carbonyl (C=O) groups is 2. The van der Waals surface area contributed by atoms with E-state index in [1.54, 1.807) is 4.90 Å². The summed E-state index contributed by atoms with van der Waals surface area (Å²) in [5.41, 5.74) is 0. The van der Waals surface area contributed by atoms with E-state index in [1.807, 2.05) is 18.9 Å². The van der Waals surface area contributed by atoms with Crippen LogP contribution < -0.4 is 5.32 Å². The van der Waals surface area contributed by atoms with Crippen molar-refractivity contribution in [2.24, 2.45) is 11.8 Å². The molecule has 1 heterocycles. The third-order valence-corrected chi connectivity index (χ3v) is 5.32. The van der Waals surface area contributed by atoms with Gasteiger partial charge in [0.15, 0.2) is 0 Å². The van der Waals surface area contributed by atoms with Crippen molar-refractivity contribution >= 4 is 11.9 Å². The lowest BCUT2D eigenvalue weighted by Crippen LogP contribution is -2.48. The lowest BCUT2D eigenvalue weighted by molar-refractivity contribution is -0.129. The smallest absolute Gasteiger partial charge is 0.317 e. The summed E-state index contributed by atoms with van der Waals surface area (Å²) in [6.07, 6.45) is 7.72. The molecule has 1 aliphatic carbocycles. The number of rotatable bonds is 5. The molecule has 2 rings (SSSR count). The van der Waals surface area contributed by atoms with Crippen molar-refractivity contribution in [3.63, 3.8) is 0 Å². The molecular formula is C17H31N3O2. The highest BCUT2D eigenvalue weighted by Gasteiger charge is 2.32. The fourth-order valence-electron chi connectivity index (χ4n) is 3.70. The molecule has 0 aromatic heterocycles. The monoisotopic (exact) mass is 309 g/mol. The highest BCUT2D eigenvalue weighted by molar-refractivity contribution is 5.76. The van der Waals surface area contributed by atoms with Gasteiger partial charge in [-0.25, -0.2) is 4.79 Å². The molecule has 2 fully saturated rings. The Labute approximate surface area is 134 Å². The van der Waals surface area contributed by atoms with Crippen LogP contribution in [0.2, 0.25) is 0 Å². The molecule has 1 saturated carbocycles. The van der Waals surface area contributed by atoms with Gasteiger partial charge in [0, 0.05) is 39.6 Å². The minimum Gasteiger partial charge on any atom is -0.346 e. The summed E-state index contributed by atoms with van der Waals surface area (Å²) in [4.78, 5) is 27.6. The molecule has 5 heteroatoms. The maximum Gasteiger partial charge on any atom is 0.317 e. The Morgan fingerprint density at radius 2 is 1.91 bits per heavy atom. The molecule has 22 heavy (non-hydrogen) atoms. The van der Waals surface area contributed by atoms with E-state index in [4.69, 9.17) is 0 Å². The zero-order valence-corrected chi connectivity index (χ0v) is 14.1. The molecule has 1 saturated heterocycles. The van der Waals surface area contributed by atoms with Crippen molar-refractivity contribution in [3.8, 4) is 0 Å². The van der Waals surface area contributed by atoms with Crippen molar-refractivity contribution in [2.45, 2.75) is 51.9 Å². The molecule has 0 radical (unpaired) electrons. The lowest BCUT2D eigenvalue weighted by atomic mass is 9.75. The first-order valence-corrected chi connectivity index (χ1v) is 8.88. The number of piperidine rings is 1. The van der Waals surface area contributed by atoms with Gasteiger partial charge in [-0.3, -0.25) is 4.79 Å². The minimum atomic E-state index is 0.0559. The average molecular weight is 309 g/mol. The highest BCUT2D eigenvalue weighted by atomic mass is 16.2. The van der Waals surface area contributed by atoms with Crippen molar-refractivity contribution in [3.05, 3.63) is 0 Å². The molecule has 1 N–H and O–H groups in total. The summed E-state index contributed by atoms with van der Waals surface area (Å²) >= 11 is 0. The van der Waals surface area contributed by atoms with Gasteiger partial charge < -0.3 is 15.1 Å². The third-order valence-electron chi connectivity index (χ3n) is 5.32. The Balaban J connectivity index is 1.64. The standard InChI is InChI=1S/C17H31N3O2/c1-3-19(2)16(21)9-6-11-18-17(22)20-12-10-14-7-4-5-8-15(14)13-20/h14-15H,3-13H2,1-2H3,(H,18,22). The second-order valence-corrected chi connectivity index (χ2v) is 6.78. The molecule has 5 nitrogen and oxygen atoms in total. The fourth-order valence-corrected chi connectivity index (χ4v) is 3.70. The number of carbonyl (C=O) groups excluding carboxylic acids is 2. The van der Waals surface area contributed by atoms with E-state index < -0.39 is 0 Å². The second-order valence-electron chi connectivity index (χ2n) is 6.78. The van der Waals surface area contributed by atoms with Gasteiger partial charge in [0.2, 0.25) is 5.91 Å². The van der Waals surface area contributed by atoms with Crippen LogP contribution in [0, 0.1) is 11.8 Å². The van der Waals surface area contributed by atoms with Gasteiger partial charge in [-0.1, -0.05) is 19.3 Å². The summed E-state index contributed by atoms with van der Waals surface area (Å²) in [5.74, 6) is 1.72. The second kappa shape index (κ2) is 8.39.